The molecule has 0 radical (unpaired) electrons. The van der Waals surface area contributed by atoms with Gasteiger partial charge in [-0.3, -0.25) is 14.4 Å². The monoisotopic (exact) mass is 915 g/mol. The first-order chi connectivity index (χ1) is 32.5. The number of hydrogen-bond acceptors (Lipinski definition) is 6. The van der Waals surface area contributed by atoms with Gasteiger partial charge in [0.2, 0.25) is 0 Å². The minimum atomic E-state index is -0.798. The van der Waals surface area contributed by atoms with Crippen molar-refractivity contribution in [2.75, 3.05) is 13.2 Å². The van der Waals surface area contributed by atoms with Crippen molar-refractivity contribution in [2.24, 2.45) is 0 Å². The van der Waals surface area contributed by atoms with E-state index < -0.39 is 6.10 Å². The highest BCUT2D eigenvalue weighted by atomic mass is 16.6. The normalized spacial score (nSPS) is 13.0. The molecule has 0 N–H and O–H groups in total. The van der Waals surface area contributed by atoms with Crippen molar-refractivity contribution in [1.29, 1.82) is 0 Å². The molecule has 0 aromatic rings. The maximum atomic E-state index is 12.8. The summed E-state index contributed by atoms with van der Waals surface area (Å²) in [7, 11) is 0. The van der Waals surface area contributed by atoms with E-state index >= 15 is 0 Å². The Morgan fingerprint density at radius 3 is 1.12 bits per heavy atom. The maximum absolute atomic E-state index is 12.8. The molecule has 6 nitrogen and oxygen atoms in total. The van der Waals surface area contributed by atoms with Crippen LogP contribution >= 0.6 is 0 Å². The number of unbranched alkanes of at least 4 members (excludes halogenated alkanes) is 22. The van der Waals surface area contributed by atoms with Gasteiger partial charge in [0, 0.05) is 19.3 Å². The fraction of sp³-hybridized carbons (Fsp3) is 0.650. The second-order valence-corrected chi connectivity index (χ2v) is 17.5. The Hall–Kier alpha value is -3.93. The van der Waals surface area contributed by atoms with Crippen LogP contribution in [0, 0.1) is 0 Å². The molecule has 66 heavy (non-hydrogen) atoms. The first-order valence-corrected chi connectivity index (χ1v) is 27.0. The minimum Gasteiger partial charge on any atom is -0.462 e. The summed E-state index contributed by atoms with van der Waals surface area (Å²) in [6, 6.07) is 0. The van der Waals surface area contributed by atoms with Gasteiger partial charge in [0.1, 0.15) is 13.2 Å². The van der Waals surface area contributed by atoms with Gasteiger partial charge < -0.3 is 14.2 Å². The Labute approximate surface area is 406 Å². The lowest BCUT2D eigenvalue weighted by Crippen LogP contribution is -2.30. The van der Waals surface area contributed by atoms with E-state index in [0.29, 0.717) is 19.3 Å². The lowest BCUT2D eigenvalue weighted by molar-refractivity contribution is -0.167. The van der Waals surface area contributed by atoms with Crippen molar-refractivity contribution in [3.63, 3.8) is 0 Å². The van der Waals surface area contributed by atoms with Crippen molar-refractivity contribution in [3.8, 4) is 0 Å². The third kappa shape index (κ3) is 51.1. The number of esters is 3. The number of allylic oxidation sites excluding steroid dienone is 18. The molecule has 374 valence electrons. The van der Waals surface area contributed by atoms with Gasteiger partial charge in [0.05, 0.1) is 0 Å². The molecule has 0 rings (SSSR count). The second-order valence-electron chi connectivity index (χ2n) is 17.5. The largest absolute Gasteiger partial charge is 0.462 e. The van der Waals surface area contributed by atoms with Crippen LogP contribution in [-0.2, 0) is 28.6 Å². The SMILES string of the molecule is CC/C=C\C/C=C\C/C=C\C/C=C\CCCCCCCCC(=O)OCC(COC(=O)CCCCCCCCCCCCC)OC(=O)CCCCCCC\C=C/C=C\C=C/C=C\C=C/CCC. The van der Waals surface area contributed by atoms with E-state index in [9.17, 15) is 14.4 Å². The number of rotatable bonds is 47. The maximum Gasteiger partial charge on any atom is 0.306 e. The second kappa shape index (κ2) is 53.7. The average molecular weight is 915 g/mol. The van der Waals surface area contributed by atoms with Crippen molar-refractivity contribution in [2.45, 2.75) is 239 Å². The van der Waals surface area contributed by atoms with Gasteiger partial charge in [0.15, 0.2) is 6.10 Å². The number of carbonyl (C=O) groups excluding carboxylic acids is 3. The average Bonchev–Trinajstić information content (AvgIpc) is 3.31. The van der Waals surface area contributed by atoms with E-state index in [0.717, 1.165) is 122 Å². The lowest BCUT2D eigenvalue weighted by atomic mass is 10.1. The molecule has 0 aromatic heterocycles. The van der Waals surface area contributed by atoms with Crippen LogP contribution in [0.2, 0.25) is 0 Å². The van der Waals surface area contributed by atoms with E-state index in [4.69, 9.17) is 14.2 Å². The first kappa shape index (κ1) is 62.1. The standard InChI is InChI=1S/C60H98O6/c1-4-7-10-13-16-19-22-24-26-28-30-32-33-35-38-41-44-47-50-53-59(62)65-56-57(55-64-58(61)52-49-46-43-40-37-21-18-15-12-9-6-3)66-60(63)54-51-48-45-42-39-36-34-31-29-27-25-23-20-17-14-11-8-5-2/h7,10-11,14,16-17,19-20,23-27,29-32,34,57H,4-6,8-9,12-13,15,18,21-22,28,33,35-56H2,1-3H3/b10-7-,14-11-,19-16-,20-17-,25-23-,26-24-,29-27-,32-30-,34-31-. The summed E-state index contributed by atoms with van der Waals surface area (Å²) in [6.07, 6.45) is 72.0. The third-order valence-corrected chi connectivity index (χ3v) is 11.1. The minimum absolute atomic E-state index is 0.0937. The topological polar surface area (TPSA) is 78.9 Å². The number of hydrogen-bond donors (Lipinski definition) is 0. The number of ether oxygens (including phenoxy) is 3. The van der Waals surface area contributed by atoms with Crippen LogP contribution in [0.15, 0.2) is 109 Å². The molecule has 0 aliphatic rings. The Kier molecular flexibility index (Phi) is 50.5. The molecular weight excluding hydrogens is 817 g/mol. The van der Waals surface area contributed by atoms with Gasteiger partial charge in [-0.05, 0) is 77.0 Å². The van der Waals surface area contributed by atoms with Gasteiger partial charge in [0.25, 0.3) is 0 Å². The quantitative estimate of drug-likeness (QED) is 0.0199. The zero-order chi connectivity index (χ0) is 47.9. The molecule has 0 amide bonds. The van der Waals surface area contributed by atoms with Crippen LogP contribution in [0.3, 0.4) is 0 Å². The Balaban J connectivity index is 4.45. The smallest absolute Gasteiger partial charge is 0.306 e. The predicted molar refractivity (Wildman–Crippen MR) is 283 cm³/mol. The fourth-order valence-corrected chi connectivity index (χ4v) is 7.11. The van der Waals surface area contributed by atoms with Crippen LogP contribution in [0.25, 0.3) is 0 Å². The van der Waals surface area contributed by atoms with Crippen LogP contribution < -0.4 is 0 Å². The highest BCUT2D eigenvalue weighted by molar-refractivity contribution is 5.71. The Morgan fingerprint density at radius 2 is 0.682 bits per heavy atom. The summed E-state index contributed by atoms with van der Waals surface area (Å²) in [4.78, 5) is 38.0. The molecule has 1 unspecified atom stereocenters. The number of carbonyl (C=O) groups is 3. The van der Waals surface area contributed by atoms with Crippen molar-refractivity contribution < 1.29 is 28.6 Å². The van der Waals surface area contributed by atoms with Crippen LogP contribution in [-0.4, -0.2) is 37.2 Å². The summed E-state index contributed by atoms with van der Waals surface area (Å²) >= 11 is 0. The van der Waals surface area contributed by atoms with E-state index in [-0.39, 0.29) is 31.1 Å². The molecule has 1 atom stereocenters. The summed E-state index contributed by atoms with van der Waals surface area (Å²) in [5.41, 5.74) is 0. The fourth-order valence-electron chi connectivity index (χ4n) is 7.11. The van der Waals surface area contributed by atoms with Gasteiger partial charge in [-0.25, -0.2) is 0 Å². The Bertz CT molecular complexity index is 1370. The van der Waals surface area contributed by atoms with Crippen LogP contribution in [0.1, 0.15) is 233 Å². The molecular formula is C60H98O6. The van der Waals surface area contributed by atoms with E-state index in [1.54, 1.807) is 0 Å². The highest BCUT2D eigenvalue weighted by Gasteiger charge is 2.19. The first-order valence-electron chi connectivity index (χ1n) is 27.0. The van der Waals surface area contributed by atoms with Gasteiger partial charge >= 0.3 is 17.9 Å². The molecule has 0 heterocycles. The molecule has 0 spiro atoms. The van der Waals surface area contributed by atoms with E-state index in [1.165, 1.54) is 70.6 Å². The van der Waals surface area contributed by atoms with Crippen molar-refractivity contribution >= 4 is 17.9 Å². The highest BCUT2D eigenvalue weighted by Crippen LogP contribution is 2.14. The molecule has 0 saturated carbocycles. The zero-order valence-corrected chi connectivity index (χ0v) is 42.7. The summed E-state index contributed by atoms with van der Waals surface area (Å²) in [6.45, 7) is 6.39. The lowest BCUT2D eigenvalue weighted by Gasteiger charge is -2.18. The van der Waals surface area contributed by atoms with Gasteiger partial charge in [-0.15, -0.1) is 0 Å². The molecule has 0 aromatic carbocycles. The summed E-state index contributed by atoms with van der Waals surface area (Å²) in [5, 5.41) is 0. The molecule has 6 heteroatoms. The van der Waals surface area contributed by atoms with Crippen LogP contribution in [0.5, 0.6) is 0 Å². The van der Waals surface area contributed by atoms with Gasteiger partial charge in [-0.1, -0.05) is 246 Å². The molecule has 0 saturated heterocycles. The van der Waals surface area contributed by atoms with E-state index in [1.807, 2.05) is 24.3 Å². The predicted octanol–water partition coefficient (Wildman–Crippen LogP) is 17.9. The molecule has 0 aliphatic heterocycles. The molecule has 0 bridgehead atoms. The summed E-state index contributed by atoms with van der Waals surface area (Å²) < 4.78 is 16.8. The Morgan fingerprint density at radius 1 is 0.333 bits per heavy atom. The van der Waals surface area contributed by atoms with E-state index in [2.05, 4.69) is 106 Å². The van der Waals surface area contributed by atoms with Crippen molar-refractivity contribution in [1.82, 2.24) is 0 Å². The molecule has 0 aliphatic carbocycles. The van der Waals surface area contributed by atoms with Crippen molar-refractivity contribution in [3.05, 3.63) is 109 Å². The molecule has 0 fully saturated rings. The van der Waals surface area contributed by atoms with Crippen LogP contribution in [0.4, 0.5) is 0 Å². The van der Waals surface area contributed by atoms with Gasteiger partial charge in [-0.2, -0.15) is 0 Å². The zero-order valence-electron chi connectivity index (χ0n) is 42.7. The summed E-state index contributed by atoms with van der Waals surface area (Å²) in [5.74, 6) is -0.936. The third-order valence-electron chi connectivity index (χ3n) is 11.1.